The van der Waals surface area contributed by atoms with Crippen molar-refractivity contribution in [3.05, 3.63) is 59.7 Å². The van der Waals surface area contributed by atoms with Gasteiger partial charge in [-0.1, -0.05) is 12.1 Å². The lowest BCUT2D eigenvalue weighted by Crippen LogP contribution is -2.25. The molecule has 0 spiro atoms. The van der Waals surface area contributed by atoms with Gasteiger partial charge in [0, 0.05) is 26.2 Å². The first-order chi connectivity index (χ1) is 12.8. The van der Waals surface area contributed by atoms with Crippen molar-refractivity contribution in [3.63, 3.8) is 0 Å². The minimum absolute atomic E-state index is 0.170. The first-order valence-electron chi connectivity index (χ1n) is 8.78. The number of aryl methyl sites for hydroxylation is 1. The fraction of sp³-hybridized carbons (Fsp3) is 0.350. The molecule has 0 fully saturated rings. The topological polar surface area (TPSA) is 75.7 Å². The number of nitrogens with one attached hydrogen (secondary N) is 1. The van der Waals surface area contributed by atoms with Gasteiger partial charge in [-0.3, -0.25) is 4.79 Å². The molecular weight excluding hydrogens is 364 g/mol. The van der Waals surface area contributed by atoms with Crippen molar-refractivity contribution in [3.8, 4) is 5.75 Å². The van der Waals surface area contributed by atoms with E-state index < -0.39 is 10.0 Å². The SMILES string of the molecule is COc1ccc(CCCCNC(=O)c2ccc(S(=O)(=O)N(C)C)cc2)cc1. The van der Waals surface area contributed by atoms with E-state index in [0.717, 1.165) is 29.3 Å². The third-order valence-corrected chi connectivity index (χ3v) is 6.06. The number of hydrogen-bond donors (Lipinski definition) is 1. The summed E-state index contributed by atoms with van der Waals surface area (Å²) < 4.78 is 30.3. The highest BCUT2D eigenvalue weighted by atomic mass is 32.2. The Morgan fingerprint density at radius 2 is 1.63 bits per heavy atom. The van der Waals surface area contributed by atoms with Crippen molar-refractivity contribution < 1.29 is 17.9 Å². The minimum Gasteiger partial charge on any atom is -0.497 e. The summed E-state index contributed by atoms with van der Waals surface area (Å²) in [7, 11) is 1.11. The summed E-state index contributed by atoms with van der Waals surface area (Å²) in [5.74, 6) is 0.642. The van der Waals surface area contributed by atoms with Gasteiger partial charge in [0.05, 0.1) is 12.0 Å². The molecule has 0 aliphatic heterocycles. The summed E-state index contributed by atoms with van der Waals surface area (Å²) in [6.45, 7) is 0.576. The lowest BCUT2D eigenvalue weighted by molar-refractivity contribution is 0.0953. The molecule has 0 unspecified atom stereocenters. The number of ether oxygens (including phenoxy) is 1. The van der Waals surface area contributed by atoms with Crippen LogP contribution in [0.3, 0.4) is 0 Å². The van der Waals surface area contributed by atoms with Crippen molar-refractivity contribution in [1.29, 1.82) is 0 Å². The molecule has 0 saturated heterocycles. The van der Waals surface area contributed by atoms with E-state index in [1.165, 1.54) is 43.9 Å². The highest BCUT2D eigenvalue weighted by Gasteiger charge is 2.17. The molecule has 1 N–H and O–H groups in total. The normalized spacial score (nSPS) is 11.4. The number of hydrogen-bond acceptors (Lipinski definition) is 4. The smallest absolute Gasteiger partial charge is 0.251 e. The molecule has 7 heteroatoms. The van der Waals surface area contributed by atoms with Crippen molar-refractivity contribution in [2.24, 2.45) is 0 Å². The summed E-state index contributed by atoms with van der Waals surface area (Å²) in [5.41, 5.74) is 1.68. The van der Waals surface area contributed by atoms with Crippen molar-refractivity contribution in [2.75, 3.05) is 27.7 Å². The largest absolute Gasteiger partial charge is 0.497 e. The number of unbranched alkanes of at least 4 members (excludes halogenated alkanes) is 1. The maximum absolute atomic E-state index is 12.2. The maximum Gasteiger partial charge on any atom is 0.251 e. The van der Waals surface area contributed by atoms with Gasteiger partial charge in [-0.25, -0.2) is 12.7 Å². The zero-order valence-electron chi connectivity index (χ0n) is 15.9. The average Bonchev–Trinajstić information content (AvgIpc) is 2.68. The van der Waals surface area contributed by atoms with Crippen molar-refractivity contribution >= 4 is 15.9 Å². The van der Waals surface area contributed by atoms with Crippen LogP contribution < -0.4 is 10.1 Å². The van der Waals surface area contributed by atoms with Crippen LogP contribution in [0.25, 0.3) is 0 Å². The standard InChI is InChI=1S/C20H26N2O4S/c1-22(2)27(24,25)19-13-9-17(10-14-19)20(23)21-15-5-4-6-16-7-11-18(26-3)12-8-16/h7-14H,4-6,15H2,1-3H3,(H,21,23). The molecular formula is C20H26N2O4S. The van der Waals surface area contributed by atoms with Crippen LogP contribution in [-0.4, -0.2) is 46.4 Å². The molecule has 0 aromatic heterocycles. The zero-order valence-corrected chi connectivity index (χ0v) is 16.8. The third-order valence-electron chi connectivity index (χ3n) is 4.23. The Labute approximate surface area is 161 Å². The van der Waals surface area contributed by atoms with Gasteiger partial charge in [0.2, 0.25) is 10.0 Å². The number of amides is 1. The molecule has 0 bridgehead atoms. The Morgan fingerprint density at radius 3 is 2.19 bits per heavy atom. The molecule has 2 rings (SSSR count). The van der Waals surface area contributed by atoms with Crippen LogP contribution in [0.5, 0.6) is 5.75 Å². The summed E-state index contributed by atoms with van der Waals surface area (Å²) >= 11 is 0. The van der Waals surface area contributed by atoms with Gasteiger partial charge in [-0.05, 0) is 61.2 Å². The van der Waals surface area contributed by atoms with Gasteiger partial charge >= 0.3 is 0 Å². The Kier molecular flexibility index (Phi) is 7.38. The molecule has 2 aromatic rings. The van der Waals surface area contributed by atoms with Crippen LogP contribution >= 0.6 is 0 Å². The fourth-order valence-electron chi connectivity index (χ4n) is 2.54. The predicted octanol–water partition coefficient (Wildman–Crippen LogP) is 2.70. The molecule has 1 amide bonds. The zero-order chi connectivity index (χ0) is 19.9. The molecule has 6 nitrogen and oxygen atoms in total. The number of benzene rings is 2. The second-order valence-corrected chi connectivity index (χ2v) is 8.52. The van der Waals surface area contributed by atoms with Crippen LogP contribution in [0, 0.1) is 0 Å². The minimum atomic E-state index is -3.48. The number of carbonyl (C=O) groups excluding carboxylic acids is 1. The van der Waals surface area contributed by atoms with Gasteiger partial charge in [0.15, 0.2) is 0 Å². The van der Waals surface area contributed by atoms with E-state index in [4.69, 9.17) is 4.74 Å². The Hall–Kier alpha value is -2.38. The van der Waals surface area contributed by atoms with E-state index in [9.17, 15) is 13.2 Å². The van der Waals surface area contributed by atoms with Crippen LogP contribution in [-0.2, 0) is 16.4 Å². The number of sulfonamides is 1. The van der Waals surface area contributed by atoms with Crippen molar-refractivity contribution in [2.45, 2.75) is 24.2 Å². The number of nitrogens with zero attached hydrogens (tertiary/aromatic N) is 1. The summed E-state index contributed by atoms with van der Waals surface area (Å²) in [4.78, 5) is 12.3. The lowest BCUT2D eigenvalue weighted by Gasteiger charge is -2.11. The molecule has 27 heavy (non-hydrogen) atoms. The van der Waals surface area contributed by atoms with E-state index >= 15 is 0 Å². The van der Waals surface area contributed by atoms with E-state index in [-0.39, 0.29) is 10.8 Å². The molecule has 2 aromatic carbocycles. The first kappa shape index (κ1) is 20.9. The Balaban J connectivity index is 1.77. The van der Waals surface area contributed by atoms with Gasteiger partial charge in [0.1, 0.15) is 5.75 Å². The van der Waals surface area contributed by atoms with E-state index in [1.807, 2.05) is 24.3 Å². The van der Waals surface area contributed by atoms with E-state index in [2.05, 4.69) is 5.32 Å². The van der Waals surface area contributed by atoms with E-state index in [1.54, 1.807) is 7.11 Å². The van der Waals surface area contributed by atoms with Crippen LogP contribution in [0.4, 0.5) is 0 Å². The molecule has 146 valence electrons. The number of carbonyl (C=O) groups is 1. The Morgan fingerprint density at radius 1 is 1.00 bits per heavy atom. The molecule has 0 radical (unpaired) electrons. The number of methoxy groups -OCH3 is 1. The highest BCUT2D eigenvalue weighted by Crippen LogP contribution is 2.14. The number of rotatable bonds is 9. The second kappa shape index (κ2) is 9.53. The van der Waals surface area contributed by atoms with Gasteiger partial charge in [-0.2, -0.15) is 0 Å². The van der Waals surface area contributed by atoms with Crippen LogP contribution in [0.15, 0.2) is 53.4 Å². The quantitative estimate of drug-likeness (QED) is 0.668. The van der Waals surface area contributed by atoms with Gasteiger partial charge in [0.25, 0.3) is 5.91 Å². The molecule has 0 aliphatic rings. The van der Waals surface area contributed by atoms with Gasteiger partial charge < -0.3 is 10.1 Å². The average molecular weight is 391 g/mol. The highest BCUT2D eigenvalue weighted by molar-refractivity contribution is 7.89. The third kappa shape index (κ3) is 5.80. The predicted molar refractivity (Wildman–Crippen MR) is 106 cm³/mol. The van der Waals surface area contributed by atoms with Crippen molar-refractivity contribution in [1.82, 2.24) is 9.62 Å². The summed E-state index contributed by atoms with van der Waals surface area (Å²) in [6, 6.07) is 13.9. The monoisotopic (exact) mass is 390 g/mol. The first-order valence-corrected chi connectivity index (χ1v) is 10.2. The summed E-state index contributed by atoms with van der Waals surface area (Å²) in [6.07, 6.45) is 2.77. The van der Waals surface area contributed by atoms with Gasteiger partial charge in [-0.15, -0.1) is 0 Å². The van der Waals surface area contributed by atoms with E-state index in [0.29, 0.717) is 12.1 Å². The molecule has 0 saturated carbocycles. The molecule has 0 atom stereocenters. The molecule has 0 heterocycles. The van der Waals surface area contributed by atoms with Crippen LogP contribution in [0.2, 0.25) is 0 Å². The fourth-order valence-corrected chi connectivity index (χ4v) is 3.44. The lowest BCUT2D eigenvalue weighted by atomic mass is 10.1. The Bertz CT molecular complexity index is 845. The maximum atomic E-state index is 12.2. The molecule has 0 aliphatic carbocycles. The van der Waals surface area contributed by atoms with Crippen LogP contribution in [0.1, 0.15) is 28.8 Å². The second-order valence-electron chi connectivity index (χ2n) is 6.37. The summed E-state index contributed by atoms with van der Waals surface area (Å²) in [5, 5.41) is 2.87.